The van der Waals surface area contributed by atoms with Gasteiger partial charge in [-0.1, -0.05) is 37.3 Å². The number of thioether (sulfide) groups is 1. The lowest BCUT2D eigenvalue weighted by molar-refractivity contribution is -0.124. The maximum atomic E-state index is 12.0. The fourth-order valence-electron chi connectivity index (χ4n) is 2.05. The molecule has 1 fully saturated rings. The zero-order chi connectivity index (χ0) is 13.0. The Bertz CT molecular complexity index is 406. The maximum Gasteiger partial charge on any atom is 0.243 e. The van der Waals surface area contributed by atoms with Crippen LogP contribution in [-0.2, 0) is 10.3 Å². The van der Waals surface area contributed by atoms with Crippen LogP contribution in [0.1, 0.15) is 25.3 Å². The van der Waals surface area contributed by atoms with Gasteiger partial charge in [0.2, 0.25) is 5.91 Å². The Hall–Kier alpha value is -1.00. The second kappa shape index (κ2) is 5.76. The van der Waals surface area contributed by atoms with Gasteiger partial charge >= 0.3 is 0 Å². The van der Waals surface area contributed by atoms with E-state index in [0.29, 0.717) is 11.8 Å². The monoisotopic (exact) mass is 264 g/mol. The summed E-state index contributed by atoms with van der Waals surface area (Å²) in [6.45, 7) is 2.10. The topological polar surface area (TPSA) is 55.1 Å². The zero-order valence-electron chi connectivity index (χ0n) is 10.7. The first kappa shape index (κ1) is 13.4. The Balaban J connectivity index is 2.31. The molecule has 1 aromatic rings. The molecular weight excluding hydrogens is 244 g/mol. The number of nitrogens with one attached hydrogen (secondary N) is 1. The molecule has 1 saturated carbocycles. The van der Waals surface area contributed by atoms with Gasteiger partial charge in [0.15, 0.2) is 0 Å². The largest absolute Gasteiger partial charge is 0.368 e. The summed E-state index contributed by atoms with van der Waals surface area (Å²) < 4.78 is 0. The Morgan fingerprint density at radius 2 is 2.11 bits per heavy atom. The van der Waals surface area contributed by atoms with Crippen molar-refractivity contribution in [2.75, 3.05) is 11.5 Å². The second-order valence-electron chi connectivity index (χ2n) is 4.69. The molecule has 0 spiro atoms. The highest BCUT2D eigenvalue weighted by molar-refractivity contribution is 7.99. The van der Waals surface area contributed by atoms with Gasteiger partial charge in [0, 0.05) is 11.8 Å². The molecule has 18 heavy (non-hydrogen) atoms. The van der Waals surface area contributed by atoms with Crippen LogP contribution in [0, 0.1) is 0 Å². The van der Waals surface area contributed by atoms with Crippen molar-refractivity contribution in [3.63, 3.8) is 0 Å². The first-order chi connectivity index (χ1) is 8.69. The Morgan fingerprint density at radius 1 is 1.44 bits per heavy atom. The van der Waals surface area contributed by atoms with Crippen molar-refractivity contribution in [1.82, 2.24) is 5.32 Å². The maximum absolute atomic E-state index is 12.0. The molecule has 0 radical (unpaired) electrons. The molecule has 1 unspecified atom stereocenters. The predicted molar refractivity (Wildman–Crippen MR) is 76.5 cm³/mol. The Morgan fingerprint density at radius 3 is 2.61 bits per heavy atom. The Kier molecular flexibility index (Phi) is 4.30. The van der Waals surface area contributed by atoms with E-state index < -0.39 is 5.54 Å². The van der Waals surface area contributed by atoms with E-state index >= 15 is 0 Å². The highest BCUT2D eigenvalue weighted by Gasteiger charge is 2.42. The predicted octanol–water partition coefficient (Wildman–Crippen LogP) is 1.87. The van der Waals surface area contributed by atoms with Gasteiger partial charge in [0.25, 0.3) is 0 Å². The van der Waals surface area contributed by atoms with Crippen LogP contribution in [0.4, 0.5) is 0 Å². The minimum absolute atomic E-state index is 0.276. The zero-order valence-corrected chi connectivity index (χ0v) is 11.5. The number of amides is 1. The van der Waals surface area contributed by atoms with Crippen LogP contribution in [0.5, 0.6) is 0 Å². The fourth-order valence-corrected chi connectivity index (χ4v) is 2.95. The summed E-state index contributed by atoms with van der Waals surface area (Å²) in [4.78, 5) is 12.0. The molecule has 3 nitrogen and oxygen atoms in total. The van der Waals surface area contributed by atoms with Crippen molar-refractivity contribution >= 4 is 17.7 Å². The number of rotatable bonds is 7. The molecule has 0 bridgehead atoms. The van der Waals surface area contributed by atoms with Gasteiger partial charge in [-0.05, 0) is 24.2 Å². The first-order valence-electron chi connectivity index (χ1n) is 6.40. The van der Waals surface area contributed by atoms with Crippen LogP contribution in [0.3, 0.4) is 0 Å². The molecule has 2 rings (SSSR count). The minimum Gasteiger partial charge on any atom is -0.368 e. The molecule has 0 aliphatic heterocycles. The summed E-state index contributed by atoms with van der Waals surface area (Å²) in [5.74, 6) is 1.40. The van der Waals surface area contributed by atoms with E-state index in [1.807, 2.05) is 30.3 Å². The van der Waals surface area contributed by atoms with Gasteiger partial charge in [-0.25, -0.2) is 0 Å². The van der Waals surface area contributed by atoms with E-state index in [4.69, 9.17) is 5.73 Å². The lowest BCUT2D eigenvalue weighted by atomic mass is 9.91. The van der Waals surface area contributed by atoms with E-state index in [1.54, 1.807) is 11.8 Å². The molecule has 0 saturated heterocycles. The van der Waals surface area contributed by atoms with Crippen molar-refractivity contribution in [3.8, 4) is 0 Å². The van der Waals surface area contributed by atoms with Crippen LogP contribution in [-0.4, -0.2) is 23.5 Å². The summed E-state index contributed by atoms with van der Waals surface area (Å²) in [7, 11) is 0. The molecule has 98 valence electrons. The molecule has 1 atom stereocenters. The number of nitrogens with two attached hydrogens (primary N) is 1. The number of carbonyl (C=O) groups excluding carboxylic acids is 1. The molecule has 1 aromatic carbocycles. The second-order valence-corrected chi connectivity index (χ2v) is 5.97. The molecule has 3 N–H and O–H groups in total. The summed E-state index contributed by atoms with van der Waals surface area (Å²) in [5.41, 5.74) is 5.96. The minimum atomic E-state index is -0.719. The van der Waals surface area contributed by atoms with Crippen molar-refractivity contribution in [3.05, 3.63) is 35.9 Å². The average molecular weight is 264 g/mol. The van der Waals surface area contributed by atoms with E-state index in [2.05, 4.69) is 12.2 Å². The third-order valence-corrected chi connectivity index (χ3v) is 4.28. The molecule has 1 amide bonds. The Labute approximate surface area is 113 Å². The van der Waals surface area contributed by atoms with Crippen LogP contribution < -0.4 is 11.1 Å². The van der Waals surface area contributed by atoms with Crippen LogP contribution in [0.25, 0.3) is 0 Å². The smallest absolute Gasteiger partial charge is 0.243 e. The lowest BCUT2D eigenvalue weighted by Crippen LogP contribution is -2.55. The summed E-state index contributed by atoms with van der Waals surface area (Å²) in [5, 5.41) is 3.46. The molecular formula is C14H20N2OS. The summed E-state index contributed by atoms with van der Waals surface area (Å²) >= 11 is 1.74. The quantitative estimate of drug-likeness (QED) is 0.790. The number of hydrogen-bond acceptors (Lipinski definition) is 3. The van der Waals surface area contributed by atoms with Crippen molar-refractivity contribution < 1.29 is 4.79 Å². The van der Waals surface area contributed by atoms with E-state index in [-0.39, 0.29) is 5.91 Å². The number of carbonyl (C=O) groups is 1. The SMILES string of the molecule is CCSCC(NC1CC1)(C(N)=O)c1ccccc1. The number of benzene rings is 1. The van der Waals surface area contributed by atoms with E-state index in [1.165, 1.54) is 0 Å². The van der Waals surface area contributed by atoms with Gasteiger partial charge in [-0.3, -0.25) is 10.1 Å². The van der Waals surface area contributed by atoms with Gasteiger partial charge < -0.3 is 5.73 Å². The fraction of sp³-hybridized carbons (Fsp3) is 0.500. The number of hydrogen-bond donors (Lipinski definition) is 2. The van der Waals surface area contributed by atoms with Gasteiger partial charge in [0.1, 0.15) is 5.54 Å². The highest BCUT2D eigenvalue weighted by Crippen LogP contribution is 2.31. The van der Waals surface area contributed by atoms with Gasteiger partial charge in [-0.2, -0.15) is 11.8 Å². The summed E-state index contributed by atoms with van der Waals surface area (Å²) in [6, 6.07) is 10.3. The average Bonchev–Trinajstić information content (AvgIpc) is 3.19. The normalized spacial score (nSPS) is 18.3. The third-order valence-electron chi connectivity index (χ3n) is 3.24. The summed E-state index contributed by atoms with van der Waals surface area (Å²) in [6.07, 6.45) is 2.28. The van der Waals surface area contributed by atoms with Crippen LogP contribution in [0.15, 0.2) is 30.3 Å². The highest BCUT2D eigenvalue weighted by atomic mass is 32.2. The van der Waals surface area contributed by atoms with Crippen molar-refractivity contribution in [2.45, 2.75) is 31.3 Å². The molecule has 0 aromatic heterocycles. The van der Waals surface area contributed by atoms with E-state index in [0.717, 1.165) is 24.2 Å². The standard InChI is InChI=1S/C14H20N2OS/c1-2-18-10-14(13(15)17,16-12-8-9-12)11-6-4-3-5-7-11/h3-7,12,16H,2,8-10H2,1H3,(H2,15,17). The van der Waals surface area contributed by atoms with Crippen molar-refractivity contribution in [2.24, 2.45) is 5.73 Å². The van der Waals surface area contributed by atoms with Gasteiger partial charge in [0.05, 0.1) is 0 Å². The number of primary amides is 1. The molecule has 4 heteroatoms. The van der Waals surface area contributed by atoms with Gasteiger partial charge in [-0.15, -0.1) is 0 Å². The third kappa shape index (κ3) is 2.87. The van der Waals surface area contributed by atoms with Crippen molar-refractivity contribution in [1.29, 1.82) is 0 Å². The van der Waals surface area contributed by atoms with E-state index in [9.17, 15) is 4.79 Å². The lowest BCUT2D eigenvalue weighted by Gasteiger charge is -2.32. The molecule has 1 aliphatic rings. The van der Waals surface area contributed by atoms with Crippen LogP contribution >= 0.6 is 11.8 Å². The molecule has 0 heterocycles. The van der Waals surface area contributed by atoms with Crippen LogP contribution in [0.2, 0.25) is 0 Å². The molecule has 1 aliphatic carbocycles. The first-order valence-corrected chi connectivity index (χ1v) is 7.55.